The Bertz CT molecular complexity index is 576. The summed E-state index contributed by atoms with van der Waals surface area (Å²) in [5.41, 5.74) is 0. The van der Waals surface area contributed by atoms with Crippen LogP contribution in [-0.2, 0) is 30.7 Å². The Balaban J connectivity index is 1.67. The first-order valence-electron chi connectivity index (χ1n) is 13.7. The minimum absolute atomic E-state index is 0.312. The summed E-state index contributed by atoms with van der Waals surface area (Å²) in [6.45, 7) is 16.7. The Morgan fingerprint density at radius 3 is 1.56 bits per heavy atom. The molecule has 3 saturated heterocycles. The standard InChI is InChI=1S/C23H50O7Si4/c1-7-15-31(3)27-32(4,16-8-2)29-34(6,18-12-14-24-19-23-21-26-23)30-33(5,28-31)17-11-9-10-13-22-20-25-22/h22-23H,7-21H2,1-6H3. The molecule has 6 atom stereocenters. The first kappa shape index (κ1) is 29.1. The predicted molar refractivity (Wildman–Crippen MR) is 144 cm³/mol. The van der Waals surface area contributed by atoms with Crippen molar-refractivity contribution in [3.05, 3.63) is 0 Å². The maximum Gasteiger partial charge on any atom is 0.317 e. The summed E-state index contributed by atoms with van der Waals surface area (Å²) in [5.74, 6) is 0. The summed E-state index contributed by atoms with van der Waals surface area (Å²) in [7, 11) is -9.71. The summed E-state index contributed by atoms with van der Waals surface area (Å²) < 4.78 is 44.8. The quantitative estimate of drug-likeness (QED) is 0.134. The normalized spacial score (nSPS) is 40.1. The van der Waals surface area contributed by atoms with Crippen LogP contribution in [0.5, 0.6) is 0 Å². The van der Waals surface area contributed by atoms with Crippen molar-refractivity contribution >= 4 is 34.2 Å². The number of hydrogen-bond donors (Lipinski definition) is 0. The monoisotopic (exact) mass is 550 g/mol. The first-order chi connectivity index (χ1) is 16.1. The van der Waals surface area contributed by atoms with E-state index in [1.54, 1.807) is 0 Å². The highest BCUT2D eigenvalue weighted by Crippen LogP contribution is 2.39. The molecule has 3 aliphatic heterocycles. The Hall–Kier alpha value is 0.588. The third-order valence-electron chi connectivity index (χ3n) is 6.82. The molecule has 0 spiro atoms. The van der Waals surface area contributed by atoms with Crippen LogP contribution >= 0.6 is 0 Å². The molecular formula is C23H50O7Si4. The molecule has 0 aliphatic carbocycles. The summed E-state index contributed by atoms with van der Waals surface area (Å²) in [6.07, 6.45) is 8.68. The number of epoxide rings is 2. The van der Waals surface area contributed by atoms with Crippen LogP contribution in [0, 0.1) is 0 Å². The molecule has 0 bridgehead atoms. The van der Waals surface area contributed by atoms with E-state index in [1.165, 1.54) is 19.3 Å². The van der Waals surface area contributed by atoms with E-state index in [0.717, 1.165) is 69.7 Å². The molecular weight excluding hydrogens is 501 g/mol. The molecule has 3 heterocycles. The van der Waals surface area contributed by atoms with Crippen LogP contribution in [-0.4, -0.2) is 72.9 Å². The third kappa shape index (κ3) is 10.2. The Morgan fingerprint density at radius 1 is 0.618 bits per heavy atom. The molecule has 0 amide bonds. The van der Waals surface area contributed by atoms with Gasteiger partial charge in [-0.3, -0.25) is 0 Å². The fraction of sp³-hybridized carbons (Fsp3) is 1.00. The zero-order chi connectivity index (χ0) is 24.7. The molecule has 0 radical (unpaired) electrons. The van der Waals surface area contributed by atoms with Crippen LogP contribution in [0.3, 0.4) is 0 Å². The number of unbranched alkanes of at least 4 members (excludes halogenated alkanes) is 2. The van der Waals surface area contributed by atoms with E-state index in [1.807, 2.05) is 0 Å². The van der Waals surface area contributed by atoms with Gasteiger partial charge in [0.25, 0.3) is 0 Å². The number of rotatable bonds is 16. The first-order valence-corrected chi connectivity index (χ1v) is 23.8. The van der Waals surface area contributed by atoms with E-state index in [-0.39, 0.29) is 0 Å². The SMILES string of the molecule is CCC[Si]1(C)O[Si](C)(CCC)O[Si](C)(CCCOCC2CO2)O[Si](C)(CCCCCC2CO2)O1. The van der Waals surface area contributed by atoms with Crippen molar-refractivity contribution in [3.63, 3.8) is 0 Å². The summed E-state index contributed by atoms with van der Waals surface area (Å²) in [5, 5.41) is 0. The predicted octanol–water partition coefficient (Wildman–Crippen LogP) is 5.94. The fourth-order valence-electron chi connectivity index (χ4n) is 5.33. The van der Waals surface area contributed by atoms with Gasteiger partial charge in [0.2, 0.25) is 0 Å². The molecule has 200 valence electrons. The van der Waals surface area contributed by atoms with Gasteiger partial charge in [0, 0.05) is 6.61 Å². The topological polar surface area (TPSA) is 71.2 Å². The van der Waals surface area contributed by atoms with Gasteiger partial charge in [-0.1, -0.05) is 46.0 Å². The zero-order valence-corrected chi connectivity index (χ0v) is 26.6. The highest BCUT2D eigenvalue weighted by molar-refractivity contribution is 6.93. The molecule has 0 N–H and O–H groups in total. The van der Waals surface area contributed by atoms with Gasteiger partial charge in [0.1, 0.15) is 6.10 Å². The molecule has 7 nitrogen and oxygen atoms in total. The molecule has 0 saturated carbocycles. The lowest BCUT2D eigenvalue weighted by atomic mass is 10.2. The van der Waals surface area contributed by atoms with Crippen LogP contribution in [0.2, 0.25) is 50.4 Å². The molecule has 34 heavy (non-hydrogen) atoms. The van der Waals surface area contributed by atoms with E-state index in [4.69, 9.17) is 30.7 Å². The second-order valence-corrected chi connectivity index (χ2v) is 25.5. The van der Waals surface area contributed by atoms with Gasteiger partial charge in [-0.05, 0) is 63.2 Å². The van der Waals surface area contributed by atoms with Crippen LogP contribution in [0.1, 0.15) is 58.8 Å². The second kappa shape index (κ2) is 12.9. The zero-order valence-electron chi connectivity index (χ0n) is 22.6. The van der Waals surface area contributed by atoms with E-state index in [0.29, 0.717) is 18.8 Å². The molecule has 0 aromatic heterocycles. The largest absolute Gasteiger partial charge is 0.416 e. The Labute approximate surface area is 212 Å². The fourth-order valence-corrected chi connectivity index (χ4v) is 28.9. The molecule has 0 aromatic rings. The van der Waals surface area contributed by atoms with Crippen molar-refractivity contribution in [2.24, 2.45) is 0 Å². The Morgan fingerprint density at radius 2 is 1.09 bits per heavy atom. The van der Waals surface area contributed by atoms with Crippen molar-refractivity contribution in [2.45, 2.75) is 121 Å². The van der Waals surface area contributed by atoms with Crippen molar-refractivity contribution in [2.75, 3.05) is 26.4 Å². The van der Waals surface area contributed by atoms with Crippen molar-refractivity contribution in [1.82, 2.24) is 0 Å². The van der Waals surface area contributed by atoms with Crippen LogP contribution < -0.4 is 0 Å². The summed E-state index contributed by atoms with van der Waals surface area (Å²) in [6, 6.07) is 3.93. The smallest absolute Gasteiger partial charge is 0.317 e. The lowest BCUT2D eigenvalue weighted by Crippen LogP contribution is -2.67. The van der Waals surface area contributed by atoms with Crippen LogP contribution in [0.15, 0.2) is 0 Å². The average Bonchev–Trinajstić information content (AvgIpc) is 3.61. The lowest BCUT2D eigenvalue weighted by Gasteiger charge is -2.50. The van der Waals surface area contributed by atoms with E-state index in [9.17, 15) is 0 Å². The number of ether oxygens (including phenoxy) is 3. The average molecular weight is 551 g/mol. The van der Waals surface area contributed by atoms with Gasteiger partial charge in [-0.25, -0.2) is 0 Å². The second-order valence-electron chi connectivity index (χ2n) is 11.1. The third-order valence-corrected chi connectivity index (χ3v) is 26.0. The molecule has 0 aromatic carbocycles. The molecule has 3 fully saturated rings. The molecule has 3 rings (SSSR count). The van der Waals surface area contributed by atoms with Gasteiger partial charge in [-0.2, -0.15) is 0 Å². The highest BCUT2D eigenvalue weighted by atomic mass is 28.5. The molecule has 11 heteroatoms. The van der Waals surface area contributed by atoms with Crippen LogP contribution in [0.4, 0.5) is 0 Å². The van der Waals surface area contributed by atoms with Crippen LogP contribution in [0.25, 0.3) is 0 Å². The van der Waals surface area contributed by atoms with Gasteiger partial charge < -0.3 is 30.7 Å². The summed E-state index contributed by atoms with van der Waals surface area (Å²) in [4.78, 5) is 0. The summed E-state index contributed by atoms with van der Waals surface area (Å²) >= 11 is 0. The molecule has 6 unspecified atom stereocenters. The van der Waals surface area contributed by atoms with Gasteiger partial charge in [0.15, 0.2) is 0 Å². The minimum Gasteiger partial charge on any atom is -0.416 e. The lowest BCUT2D eigenvalue weighted by molar-refractivity contribution is 0.115. The van der Waals surface area contributed by atoms with Gasteiger partial charge >= 0.3 is 34.2 Å². The highest BCUT2D eigenvalue weighted by Gasteiger charge is 2.56. The minimum atomic E-state index is -2.49. The van der Waals surface area contributed by atoms with Crippen molar-refractivity contribution < 1.29 is 30.7 Å². The van der Waals surface area contributed by atoms with E-state index < -0.39 is 34.2 Å². The maximum atomic E-state index is 7.15. The van der Waals surface area contributed by atoms with Gasteiger partial charge in [0.05, 0.1) is 25.9 Å². The molecule has 3 aliphatic rings. The van der Waals surface area contributed by atoms with E-state index in [2.05, 4.69) is 40.0 Å². The van der Waals surface area contributed by atoms with Crippen molar-refractivity contribution in [3.8, 4) is 0 Å². The Kier molecular flexibility index (Phi) is 11.1. The van der Waals surface area contributed by atoms with E-state index >= 15 is 0 Å². The number of hydrogen-bond acceptors (Lipinski definition) is 7. The van der Waals surface area contributed by atoms with Gasteiger partial charge in [-0.15, -0.1) is 0 Å². The van der Waals surface area contributed by atoms with Crippen molar-refractivity contribution in [1.29, 1.82) is 0 Å². The maximum absolute atomic E-state index is 7.15.